The molecule has 30 heavy (non-hydrogen) atoms. The molecule has 4 rings (SSSR count). The number of pyridine rings is 1. The summed E-state index contributed by atoms with van der Waals surface area (Å²) in [6, 6.07) is 20.5. The second-order valence-electron chi connectivity index (χ2n) is 6.68. The lowest BCUT2D eigenvalue weighted by Gasteiger charge is -2.06. The van der Waals surface area contributed by atoms with E-state index in [1.165, 1.54) is 16.2 Å². The molecule has 2 heterocycles. The van der Waals surface area contributed by atoms with Crippen LogP contribution in [0.3, 0.4) is 0 Å². The van der Waals surface area contributed by atoms with Gasteiger partial charge in [-0.3, -0.25) is 9.36 Å². The van der Waals surface area contributed by atoms with Crippen molar-refractivity contribution in [3.8, 4) is 22.9 Å². The van der Waals surface area contributed by atoms with Crippen LogP contribution >= 0.6 is 0 Å². The lowest BCUT2D eigenvalue weighted by molar-refractivity contribution is -0.140. The van der Waals surface area contributed by atoms with Crippen molar-refractivity contribution in [2.45, 2.75) is 13.0 Å². The molecular weight excluding hydrogens is 380 g/mol. The molecule has 0 aliphatic heterocycles. The lowest BCUT2D eigenvalue weighted by Crippen LogP contribution is -2.24. The lowest BCUT2D eigenvalue weighted by atomic mass is 10.0. The Kier molecular flexibility index (Phi) is 5.14. The number of ether oxygens (including phenoxy) is 1. The fourth-order valence-corrected chi connectivity index (χ4v) is 3.38. The summed E-state index contributed by atoms with van der Waals surface area (Å²) in [5.74, 6) is -0.376. The van der Waals surface area contributed by atoms with E-state index >= 15 is 0 Å². The van der Waals surface area contributed by atoms with Gasteiger partial charge in [0.2, 0.25) is 0 Å². The van der Waals surface area contributed by atoms with Crippen LogP contribution in [0.4, 0.5) is 0 Å². The molecule has 0 atom stereocenters. The molecule has 0 spiro atoms. The molecule has 0 fully saturated rings. The monoisotopic (exact) mass is 398 g/mol. The summed E-state index contributed by atoms with van der Waals surface area (Å²) in [7, 11) is 1.32. The molecule has 0 aliphatic carbocycles. The highest BCUT2D eigenvalue weighted by atomic mass is 16.5. The smallest absolute Gasteiger partial charge is 0.334 e. The van der Waals surface area contributed by atoms with Crippen LogP contribution in [-0.4, -0.2) is 27.2 Å². The minimum atomic E-state index is -0.376. The molecule has 7 nitrogen and oxygen atoms in total. The zero-order chi connectivity index (χ0) is 21.1. The van der Waals surface area contributed by atoms with Gasteiger partial charge in [0.25, 0.3) is 0 Å². The van der Waals surface area contributed by atoms with E-state index in [0.717, 1.165) is 11.1 Å². The molecule has 0 amide bonds. The Morgan fingerprint density at radius 1 is 1.07 bits per heavy atom. The van der Waals surface area contributed by atoms with E-state index in [1.807, 2.05) is 42.5 Å². The number of carbonyl (C=O) groups excluding carboxylic acids is 1. The average Bonchev–Trinajstić information content (AvgIpc) is 3.08. The number of methoxy groups -OCH3 is 1. The van der Waals surface area contributed by atoms with Crippen LogP contribution in [0, 0.1) is 11.3 Å². The normalized spacial score (nSPS) is 10.7. The fraction of sp³-hybridized carbons (Fsp3) is 0.130. The summed E-state index contributed by atoms with van der Waals surface area (Å²) in [6.07, 6.45) is 1.73. The molecule has 2 aromatic carbocycles. The number of rotatable bonds is 5. The Balaban J connectivity index is 1.74. The number of hydrogen-bond donors (Lipinski definition) is 0. The van der Waals surface area contributed by atoms with Gasteiger partial charge in [-0.15, -0.1) is 0 Å². The van der Waals surface area contributed by atoms with Gasteiger partial charge >= 0.3 is 11.7 Å². The first-order chi connectivity index (χ1) is 14.6. The number of carbonyl (C=O) groups is 1. The van der Waals surface area contributed by atoms with Crippen molar-refractivity contribution >= 4 is 17.1 Å². The number of esters is 1. The molecule has 0 bridgehead atoms. The molecule has 148 valence electrons. The molecule has 0 saturated carbocycles. The first-order valence-corrected chi connectivity index (χ1v) is 9.36. The molecule has 0 saturated heterocycles. The second-order valence-corrected chi connectivity index (χ2v) is 6.68. The van der Waals surface area contributed by atoms with Gasteiger partial charge in [-0.1, -0.05) is 24.3 Å². The number of fused-ring (bicyclic) bond motifs is 1. The number of aromatic nitrogens is 3. The Morgan fingerprint density at radius 3 is 2.37 bits per heavy atom. The van der Waals surface area contributed by atoms with Gasteiger partial charge in [0, 0.05) is 12.7 Å². The van der Waals surface area contributed by atoms with Crippen LogP contribution in [0.15, 0.2) is 71.7 Å². The fourth-order valence-electron chi connectivity index (χ4n) is 3.38. The number of imidazole rings is 1. The van der Waals surface area contributed by atoms with E-state index in [0.29, 0.717) is 22.4 Å². The Bertz CT molecular complexity index is 1310. The molecule has 4 aromatic rings. The van der Waals surface area contributed by atoms with Gasteiger partial charge in [0.05, 0.1) is 36.4 Å². The van der Waals surface area contributed by atoms with Crippen LogP contribution in [0.1, 0.15) is 12.0 Å². The predicted octanol–water partition coefficient (Wildman–Crippen LogP) is 3.29. The summed E-state index contributed by atoms with van der Waals surface area (Å²) < 4.78 is 7.76. The SMILES string of the molecule is COC(=O)CCn1c(=O)n(-c2ccc(-c3ccc(C#N)cc3)cc2)c2ncccc21. The summed E-state index contributed by atoms with van der Waals surface area (Å²) >= 11 is 0. The number of aryl methyl sites for hydroxylation is 1. The van der Waals surface area contributed by atoms with Gasteiger partial charge in [0.15, 0.2) is 5.65 Å². The molecule has 0 radical (unpaired) electrons. The highest BCUT2D eigenvalue weighted by molar-refractivity contribution is 5.75. The van der Waals surface area contributed by atoms with Crippen LogP contribution < -0.4 is 5.69 Å². The van der Waals surface area contributed by atoms with E-state index < -0.39 is 0 Å². The van der Waals surface area contributed by atoms with E-state index in [-0.39, 0.29) is 24.6 Å². The van der Waals surface area contributed by atoms with Gasteiger partial charge in [-0.2, -0.15) is 5.26 Å². The topological polar surface area (TPSA) is 89.9 Å². The molecular formula is C23H18N4O3. The standard InChI is InChI=1S/C23H18N4O3/c1-30-21(28)12-14-26-20-3-2-13-25-22(20)27(23(26)29)19-10-8-18(9-11-19)17-6-4-16(15-24)5-7-17/h2-11,13H,12,14H2,1H3. The van der Waals surface area contributed by atoms with Crippen LogP contribution in [0.25, 0.3) is 28.0 Å². The maximum atomic E-state index is 13.1. The molecule has 7 heteroatoms. The van der Waals surface area contributed by atoms with Crippen LogP contribution in [0.5, 0.6) is 0 Å². The summed E-state index contributed by atoms with van der Waals surface area (Å²) in [5, 5.41) is 8.94. The predicted molar refractivity (Wildman–Crippen MR) is 112 cm³/mol. The minimum absolute atomic E-state index is 0.0993. The van der Waals surface area contributed by atoms with Crippen LogP contribution in [0.2, 0.25) is 0 Å². The summed E-state index contributed by atoms with van der Waals surface area (Å²) in [6.45, 7) is 0.212. The van der Waals surface area contributed by atoms with Crippen molar-refractivity contribution in [1.29, 1.82) is 5.26 Å². The number of hydrogen-bond acceptors (Lipinski definition) is 5. The third-order valence-corrected chi connectivity index (χ3v) is 4.93. The molecule has 0 aliphatic rings. The minimum Gasteiger partial charge on any atom is -0.469 e. The van der Waals surface area contributed by atoms with Gasteiger partial charge < -0.3 is 4.74 Å². The van der Waals surface area contributed by atoms with Crippen molar-refractivity contribution < 1.29 is 9.53 Å². The van der Waals surface area contributed by atoms with Gasteiger partial charge in [0.1, 0.15) is 0 Å². The van der Waals surface area contributed by atoms with E-state index in [1.54, 1.807) is 24.4 Å². The van der Waals surface area contributed by atoms with Crippen molar-refractivity contribution in [2.24, 2.45) is 0 Å². The Hall–Kier alpha value is -4.18. The van der Waals surface area contributed by atoms with Gasteiger partial charge in [-0.25, -0.2) is 14.3 Å². The van der Waals surface area contributed by atoms with Crippen molar-refractivity contribution in [2.75, 3.05) is 7.11 Å². The largest absolute Gasteiger partial charge is 0.469 e. The highest BCUT2D eigenvalue weighted by Crippen LogP contribution is 2.23. The Morgan fingerprint density at radius 2 is 1.73 bits per heavy atom. The summed E-state index contributed by atoms with van der Waals surface area (Å²) in [5.41, 5.74) is 4.15. The van der Waals surface area contributed by atoms with E-state index in [2.05, 4.69) is 11.1 Å². The summed E-state index contributed by atoms with van der Waals surface area (Å²) in [4.78, 5) is 29.0. The quantitative estimate of drug-likeness (QED) is 0.481. The van der Waals surface area contributed by atoms with Crippen molar-refractivity contribution in [1.82, 2.24) is 14.1 Å². The average molecular weight is 398 g/mol. The number of nitrogens with zero attached hydrogens (tertiary/aromatic N) is 4. The number of benzene rings is 2. The maximum Gasteiger partial charge on any atom is 0.334 e. The first kappa shape index (κ1) is 19.2. The highest BCUT2D eigenvalue weighted by Gasteiger charge is 2.16. The Labute approximate surface area is 172 Å². The second kappa shape index (κ2) is 8.05. The third-order valence-electron chi connectivity index (χ3n) is 4.93. The van der Waals surface area contributed by atoms with Crippen molar-refractivity contribution in [3.63, 3.8) is 0 Å². The molecule has 0 N–H and O–H groups in total. The van der Waals surface area contributed by atoms with Gasteiger partial charge in [-0.05, 0) is 47.5 Å². The maximum absolute atomic E-state index is 13.1. The van der Waals surface area contributed by atoms with E-state index in [9.17, 15) is 9.59 Å². The van der Waals surface area contributed by atoms with Crippen molar-refractivity contribution in [3.05, 3.63) is 82.9 Å². The molecule has 0 unspecified atom stereocenters. The molecule has 2 aromatic heterocycles. The first-order valence-electron chi connectivity index (χ1n) is 9.36. The third kappa shape index (κ3) is 3.47. The van der Waals surface area contributed by atoms with E-state index in [4.69, 9.17) is 10.00 Å². The zero-order valence-corrected chi connectivity index (χ0v) is 16.3. The zero-order valence-electron chi connectivity index (χ0n) is 16.3. The number of nitriles is 1. The van der Waals surface area contributed by atoms with Crippen LogP contribution in [-0.2, 0) is 16.1 Å².